The zero-order valence-corrected chi connectivity index (χ0v) is 13.7. The van der Waals surface area contributed by atoms with Crippen molar-refractivity contribution in [2.24, 2.45) is 0 Å². The molecule has 2 aromatic carbocycles. The Balaban J connectivity index is 1.79. The molecule has 0 radical (unpaired) electrons. The number of nitriles is 1. The van der Waals surface area contributed by atoms with Gasteiger partial charge in [-0.05, 0) is 54.3 Å². The molecule has 0 amide bonds. The van der Waals surface area contributed by atoms with Crippen LogP contribution in [-0.4, -0.2) is 17.1 Å². The lowest BCUT2D eigenvalue weighted by Gasteiger charge is -2.27. The van der Waals surface area contributed by atoms with Gasteiger partial charge in [-0.3, -0.25) is 0 Å². The molecule has 1 fully saturated rings. The molecule has 1 saturated carbocycles. The number of benzene rings is 2. The molecule has 0 saturated heterocycles. The molecule has 1 N–H and O–H groups in total. The zero-order valence-electron chi connectivity index (χ0n) is 13.7. The molecule has 1 aliphatic heterocycles. The first-order valence-electron chi connectivity index (χ1n) is 8.52. The minimum absolute atomic E-state index is 0.235. The third-order valence-electron chi connectivity index (χ3n) is 5.22. The second kappa shape index (κ2) is 6.10. The Labute approximate surface area is 146 Å². The van der Waals surface area contributed by atoms with E-state index in [1.165, 1.54) is 29.4 Å². The summed E-state index contributed by atoms with van der Waals surface area (Å²) in [4.78, 5) is 13.5. The minimum atomic E-state index is -1.19. The summed E-state index contributed by atoms with van der Waals surface area (Å²) in [5.41, 5.74) is 4.21. The van der Waals surface area contributed by atoms with E-state index in [4.69, 9.17) is 10.4 Å². The summed E-state index contributed by atoms with van der Waals surface area (Å²) in [7, 11) is 0. The van der Waals surface area contributed by atoms with E-state index in [0.717, 1.165) is 18.4 Å². The molecule has 1 aliphatic carbocycles. The quantitative estimate of drug-likeness (QED) is 0.666. The maximum atomic E-state index is 11.1. The molecular formula is C21H18N2O2. The van der Waals surface area contributed by atoms with E-state index >= 15 is 0 Å². The Bertz CT molecular complexity index is 896. The second-order valence-electron chi connectivity index (χ2n) is 6.60. The van der Waals surface area contributed by atoms with Gasteiger partial charge >= 0.3 is 5.97 Å². The highest BCUT2D eigenvalue weighted by Crippen LogP contribution is 2.52. The van der Waals surface area contributed by atoms with Crippen LogP contribution in [0.1, 0.15) is 36.3 Å². The van der Waals surface area contributed by atoms with Gasteiger partial charge in [0, 0.05) is 23.3 Å². The maximum Gasteiger partial charge on any atom is 0.346 e. The average molecular weight is 330 g/mol. The lowest BCUT2D eigenvalue weighted by atomic mass is 9.95. The third kappa shape index (κ3) is 2.58. The van der Waals surface area contributed by atoms with Gasteiger partial charge < -0.3 is 10.0 Å². The van der Waals surface area contributed by atoms with Gasteiger partial charge in [-0.15, -0.1) is 0 Å². The molecule has 2 aliphatic rings. The number of para-hydroxylation sites is 1. The summed E-state index contributed by atoms with van der Waals surface area (Å²) < 4.78 is 0. The Kier molecular flexibility index (Phi) is 3.77. The number of nitrogens with zero attached hydrogens (tertiary/aromatic N) is 2. The second-order valence-corrected chi connectivity index (χ2v) is 6.60. The van der Waals surface area contributed by atoms with Crippen molar-refractivity contribution in [3.05, 3.63) is 65.2 Å². The van der Waals surface area contributed by atoms with E-state index in [2.05, 4.69) is 41.3 Å². The normalized spacial score (nSPS) is 21.6. The molecule has 1 heterocycles. The molecule has 2 atom stereocenters. The molecule has 4 nitrogen and oxygen atoms in total. The fourth-order valence-corrected chi connectivity index (χ4v) is 4.20. The van der Waals surface area contributed by atoms with Gasteiger partial charge in [0.05, 0.1) is 0 Å². The van der Waals surface area contributed by atoms with Crippen LogP contribution < -0.4 is 4.90 Å². The smallest absolute Gasteiger partial charge is 0.346 e. The number of carboxylic acids is 1. The number of carbonyl (C=O) groups is 1. The molecule has 0 spiro atoms. The number of aliphatic carboxylic acids is 1. The van der Waals surface area contributed by atoms with Crippen LogP contribution in [0.4, 0.5) is 11.4 Å². The third-order valence-corrected chi connectivity index (χ3v) is 5.22. The van der Waals surface area contributed by atoms with Crippen LogP contribution in [0.3, 0.4) is 0 Å². The van der Waals surface area contributed by atoms with Gasteiger partial charge in [0.25, 0.3) is 0 Å². The van der Waals surface area contributed by atoms with Gasteiger partial charge in [0.15, 0.2) is 0 Å². The van der Waals surface area contributed by atoms with Crippen molar-refractivity contribution >= 4 is 23.4 Å². The van der Waals surface area contributed by atoms with E-state index in [0.29, 0.717) is 12.0 Å². The highest BCUT2D eigenvalue weighted by Gasteiger charge is 2.41. The highest BCUT2D eigenvalue weighted by molar-refractivity contribution is 5.96. The van der Waals surface area contributed by atoms with Crippen molar-refractivity contribution in [2.45, 2.75) is 31.2 Å². The number of hydrogen-bond acceptors (Lipinski definition) is 3. The largest absolute Gasteiger partial charge is 0.477 e. The van der Waals surface area contributed by atoms with Crippen molar-refractivity contribution in [3.63, 3.8) is 0 Å². The predicted molar refractivity (Wildman–Crippen MR) is 96.6 cm³/mol. The van der Waals surface area contributed by atoms with E-state index in [1.807, 2.05) is 12.1 Å². The first-order chi connectivity index (χ1) is 12.2. The fourth-order valence-electron chi connectivity index (χ4n) is 4.20. The summed E-state index contributed by atoms with van der Waals surface area (Å²) in [6.45, 7) is 0. The Hall–Kier alpha value is -3.06. The molecule has 124 valence electrons. The van der Waals surface area contributed by atoms with Crippen molar-refractivity contribution < 1.29 is 9.90 Å². The van der Waals surface area contributed by atoms with E-state index in [9.17, 15) is 4.79 Å². The van der Waals surface area contributed by atoms with Crippen LogP contribution in [0.25, 0.3) is 6.08 Å². The number of carboxylic acid groups (broad SMARTS) is 1. The molecule has 4 heteroatoms. The van der Waals surface area contributed by atoms with E-state index in [1.54, 1.807) is 6.07 Å². The van der Waals surface area contributed by atoms with Crippen molar-refractivity contribution in [2.75, 3.05) is 4.90 Å². The first kappa shape index (κ1) is 15.5. The van der Waals surface area contributed by atoms with Gasteiger partial charge in [0.1, 0.15) is 11.6 Å². The Morgan fingerprint density at radius 1 is 1.20 bits per heavy atom. The summed E-state index contributed by atoms with van der Waals surface area (Å²) in [6, 6.07) is 18.6. The summed E-state index contributed by atoms with van der Waals surface area (Å²) >= 11 is 0. The highest BCUT2D eigenvalue weighted by atomic mass is 16.4. The van der Waals surface area contributed by atoms with Crippen LogP contribution in [0.5, 0.6) is 0 Å². The molecule has 25 heavy (non-hydrogen) atoms. The molecule has 0 bridgehead atoms. The fraction of sp³-hybridized carbons (Fsp3) is 0.238. The van der Waals surface area contributed by atoms with Crippen LogP contribution in [0.2, 0.25) is 0 Å². The molecule has 0 aromatic heterocycles. The topological polar surface area (TPSA) is 64.3 Å². The van der Waals surface area contributed by atoms with Crippen molar-refractivity contribution in [1.82, 2.24) is 0 Å². The predicted octanol–water partition coefficient (Wildman–Crippen LogP) is 4.47. The SMILES string of the molecule is N#CC(=Cc1ccc2c(c1)C1CCCC1N2c1ccccc1)C(=O)O. The first-order valence-corrected chi connectivity index (χ1v) is 8.52. The van der Waals surface area contributed by atoms with E-state index < -0.39 is 5.97 Å². The van der Waals surface area contributed by atoms with Gasteiger partial charge in [-0.25, -0.2) is 4.79 Å². The van der Waals surface area contributed by atoms with Crippen LogP contribution in [-0.2, 0) is 4.79 Å². The van der Waals surface area contributed by atoms with Crippen molar-refractivity contribution in [1.29, 1.82) is 5.26 Å². The zero-order chi connectivity index (χ0) is 17.4. The summed E-state index contributed by atoms with van der Waals surface area (Å²) in [6.07, 6.45) is 4.98. The summed E-state index contributed by atoms with van der Waals surface area (Å²) in [5.74, 6) is -0.716. The number of hydrogen-bond donors (Lipinski definition) is 1. The molecule has 2 aromatic rings. The summed E-state index contributed by atoms with van der Waals surface area (Å²) in [5, 5.41) is 18.1. The van der Waals surface area contributed by atoms with Gasteiger partial charge in [0.2, 0.25) is 0 Å². The van der Waals surface area contributed by atoms with Crippen LogP contribution >= 0.6 is 0 Å². The lowest BCUT2D eigenvalue weighted by Crippen LogP contribution is -2.26. The minimum Gasteiger partial charge on any atom is -0.477 e. The monoisotopic (exact) mass is 330 g/mol. The van der Waals surface area contributed by atoms with Crippen LogP contribution in [0, 0.1) is 11.3 Å². The molecule has 4 rings (SSSR count). The standard InChI is InChI=1S/C21H18N2O2/c22-13-15(21(24)25)11-14-9-10-20-18(12-14)17-7-4-8-19(17)23(20)16-5-2-1-3-6-16/h1-3,5-6,9-12,17,19H,4,7-8H2,(H,24,25). The van der Waals surface area contributed by atoms with Crippen molar-refractivity contribution in [3.8, 4) is 6.07 Å². The lowest BCUT2D eigenvalue weighted by molar-refractivity contribution is -0.132. The maximum absolute atomic E-state index is 11.1. The average Bonchev–Trinajstić information content (AvgIpc) is 3.20. The molecular weight excluding hydrogens is 312 g/mol. The van der Waals surface area contributed by atoms with Gasteiger partial charge in [-0.2, -0.15) is 5.26 Å². The van der Waals surface area contributed by atoms with Crippen LogP contribution in [0.15, 0.2) is 54.1 Å². The van der Waals surface area contributed by atoms with Gasteiger partial charge in [-0.1, -0.05) is 30.7 Å². The number of anilines is 2. The Morgan fingerprint density at radius 2 is 2.00 bits per heavy atom. The number of fused-ring (bicyclic) bond motifs is 3. The van der Waals surface area contributed by atoms with E-state index in [-0.39, 0.29) is 5.57 Å². The molecule has 2 unspecified atom stereocenters. The Morgan fingerprint density at radius 3 is 2.72 bits per heavy atom. The number of rotatable bonds is 3.